The van der Waals surface area contributed by atoms with Crippen LogP contribution in [0.4, 0.5) is 8.78 Å². The van der Waals surface area contributed by atoms with Crippen LogP contribution in [0.3, 0.4) is 0 Å². The van der Waals surface area contributed by atoms with Gasteiger partial charge in [-0.2, -0.15) is 8.78 Å². The largest absolute Gasteiger partial charge is 0.477 e. The van der Waals surface area contributed by atoms with Crippen LogP contribution in [0.5, 0.6) is 0 Å². The molecule has 0 aliphatic rings. The van der Waals surface area contributed by atoms with Crippen molar-refractivity contribution in [3.63, 3.8) is 0 Å². The predicted octanol–water partition coefficient (Wildman–Crippen LogP) is 2.82. The van der Waals surface area contributed by atoms with Crippen molar-refractivity contribution in [2.45, 2.75) is 12.8 Å². The van der Waals surface area contributed by atoms with Gasteiger partial charge in [-0.3, -0.25) is 0 Å². The van der Waals surface area contributed by atoms with Crippen molar-refractivity contribution in [2.75, 3.05) is 0 Å². The highest BCUT2D eigenvalue weighted by Crippen LogP contribution is 2.33. The van der Waals surface area contributed by atoms with Crippen LogP contribution in [-0.4, -0.2) is 11.1 Å². The van der Waals surface area contributed by atoms with Crippen molar-refractivity contribution in [3.8, 4) is 0 Å². The minimum Gasteiger partial charge on any atom is -0.477 e. The molecular weight excluding hydrogens is 214 g/mol. The molecule has 1 aromatic carbocycles. The average Bonchev–Trinajstić information content (AvgIpc) is 2.02. The molecule has 0 bridgehead atoms. The summed E-state index contributed by atoms with van der Waals surface area (Å²) in [6.07, 6.45) is 0. The fourth-order valence-electron chi connectivity index (χ4n) is 0.990. The van der Waals surface area contributed by atoms with E-state index in [1.54, 1.807) is 6.92 Å². The van der Waals surface area contributed by atoms with Crippen molar-refractivity contribution >= 4 is 17.6 Å². The van der Waals surface area contributed by atoms with Gasteiger partial charge in [0.15, 0.2) is 0 Å². The van der Waals surface area contributed by atoms with Gasteiger partial charge in [0.2, 0.25) is 0 Å². The topological polar surface area (TPSA) is 37.3 Å². The molecule has 76 valence electrons. The first-order valence-corrected chi connectivity index (χ1v) is 4.11. The van der Waals surface area contributed by atoms with Gasteiger partial charge in [0, 0.05) is 0 Å². The van der Waals surface area contributed by atoms with E-state index in [9.17, 15) is 13.6 Å². The first kappa shape index (κ1) is 10.9. The molecule has 0 amide bonds. The van der Waals surface area contributed by atoms with E-state index in [0.29, 0.717) is 5.56 Å². The molecule has 0 atom stereocenters. The number of aryl methyl sites for hydroxylation is 1. The van der Waals surface area contributed by atoms with E-state index in [0.717, 1.165) is 6.07 Å². The smallest absolute Gasteiger partial charge is 0.379 e. The lowest BCUT2D eigenvalue weighted by molar-refractivity contribution is -0.166. The van der Waals surface area contributed by atoms with Crippen molar-refractivity contribution in [1.29, 1.82) is 0 Å². The molecular formula is C9H7ClF2O2. The highest BCUT2D eigenvalue weighted by molar-refractivity contribution is 6.31. The number of hydrogen-bond acceptors (Lipinski definition) is 1. The third-order valence-electron chi connectivity index (χ3n) is 1.73. The monoisotopic (exact) mass is 220 g/mol. The van der Waals surface area contributed by atoms with Gasteiger partial charge in [0.25, 0.3) is 0 Å². The van der Waals surface area contributed by atoms with E-state index in [1.807, 2.05) is 0 Å². The van der Waals surface area contributed by atoms with Gasteiger partial charge < -0.3 is 5.11 Å². The lowest BCUT2D eigenvalue weighted by Crippen LogP contribution is -2.25. The van der Waals surface area contributed by atoms with Gasteiger partial charge in [-0.25, -0.2) is 4.79 Å². The Bertz CT molecular complexity index is 377. The van der Waals surface area contributed by atoms with Gasteiger partial charge >= 0.3 is 11.9 Å². The number of benzene rings is 1. The molecule has 0 aliphatic carbocycles. The molecule has 1 N–H and O–H groups in total. The van der Waals surface area contributed by atoms with Crippen LogP contribution < -0.4 is 0 Å². The summed E-state index contributed by atoms with van der Waals surface area (Å²) in [7, 11) is 0. The lowest BCUT2D eigenvalue weighted by atomic mass is 10.1. The molecule has 5 heteroatoms. The Labute approximate surface area is 84.1 Å². The molecule has 2 nitrogen and oxygen atoms in total. The third-order valence-corrected chi connectivity index (χ3v) is 2.04. The fourth-order valence-corrected chi connectivity index (χ4v) is 1.34. The molecule has 0 unspecified atom stereocenters. The summed E-state index contributed by atoms with van der Waals surface area (Å²) >= 11 is 5.51. The molecule has 0 aliphatic heterocycles. The lowest BCUT2D eigenvalue weighted by Gasteiger charge is -2.13. The van der Waals surface area contributed by atoms with Crippen molar-refractivity contribution in [3.05, 3.63) is 34.3 Å². The molecule has 0 fully saturated rings. The normalized spacial score (nSPS) is 11.4. The standard InChI is InChI=1S/C9H7ClF2O2/c1-5-2-3-6(7(10)4-5)9(11,12)8(13)14/h2-4H,1H3,(H,13,14). The van der Waals surface area contributed by atoms with E-state index < -0.39 is 17.5 Å². The van der Waals surface area contributed by atoms with Crippen LogP contribution in [0.1, 0.15) is 11.1 Å². The Hall–Kier alpha value is -1.16. The zero-order chi connectivity index (χ0) is 10.9. The Morgan fingerprint density at radius 3 is 2.50 bits per heavy atom. The highest BCUT2D eigenvalue weighted by Gasteiger charge is 2.42. The first-order valence-electron chi connectivity index (χ1n) is 3.73. The number of halogens is 3. The van der Waals surface area contributed by atoms with Gasteiger partial charge in [-0.1, -0.05) is 23.7 Å². The molecule has 0 saturated heterocycles. The first-order chi connectivity index (χ1) is 6.35. The van der Waals surface area contributed by atoms with Crippen LogP contribution in [0.2, 0.25) is 5.02 Å². The van der Waals surface area contributed by atoms with E-state index in [4.69, 9.17) is 16.7 Å². The van der Waals surface area contributed by atoms with E-state index in [2.05, 4.69) is 0 Å². The number of carboxylic acids is 1. The summed E-state index contributed by atoms with van der Waals surface area (Å²) in [5.41, 5.74) is 0.0113. The van der Waals surface area contributed by atoms with E-state index in [1.165, 1.54) is 12.1 Å². The Morgan fingerprint density at radius 1 is 1.50 bits per heavy atom. The number of hydrogen-bond donors (Lipinski definition) is 1. The molecule has 0 spiro atoms. The SMILES string of the molecule is Cc1ccc(C(F)(F)C(=O)O)c(Cl)c1. The fraction of sp³-hybridized carbons (Fsp3) is 0.222. The Balaban J connectivity index is 3.26. The van der Waals surface area contributed by atoms with Gasteiger partial charge in [-0.15, -0.1) is 0 Å². The van der Waals surface area contributed by atoms with Crippen molar-refractivity contribution in [2.24, 2.45) is 0 Å². The second-order valence-electron chi connectivity index (χ2n) is 2.86. The van der Waals surface area contributed by atoms with Crippen LogP contribution in [0.15, 0.2) is 18.2 Å². The maximum Gasteiger partial charge on any atom is 0.379 e. The predicted molar refractivity (Wildman–Crippen MR) is 47.7 cm³/mol. The van der Waals surface area contributed by atoms with Crippen LogP contribution in [0, 0.1) is 6.92 Å². The summed E-state index contributed by atoms with van der Waals surface area (Å²) in [6.45, 7) is 1.68. The van der Waals surface area contributed by atoms with Gasteiger partial charge in [0.05, 0.1) is 10.6 Å². The summed E-state index contributed by atoms with van der Waals surface area (Å²) in [5.74, 6) is -6.15. The highest BCUT2D eigenvalue weighted by atomic mass is 35.5. The minimum atomic E-state index is -3.94. The second kappa shape index (κ2) is 3.53. The molecule has 1 aromatic rings. The van der Waals surface area contributed by atoms with E-state index in [-0.39, 0.29) is 5.02 Å². The molecule has 0 aromatic heterocycles. The average molecular weight is 221 g/mol. The Kier molecular flexibility index (Phi) is 2.76. The molecule has 0 heterocycles. The van der Waals surface area contributed by atoms with Gasteiger partial charge in [0.1, 0.15) is 0 Å². The summed E-state index contributed by atoms with van der Waals surface area (Å²) in [6, 6.07) is 3.71. The van der Waals surface area contributed by atoms with Crippen molar-refractivity contribution < 1.29 is 18.7 Å². The van der Waals surface area contributed by atoms with Crippen molar-refractivity contribution in [1.82, 2.24) is 0 Å². The Morgan fingerprint density at radius 2 is 2.07 bits per heavy atom. The van der Waals surface area contributed by atoms with Crippen LogP contribution >= 0.6 is 11.6 Å². The number of carbonyl (C=O) groups is 1. The third kappa shape index (κ3) is 1.85. The quantitative estimate of drug-likeness (QED) is 0.832. The second-order valence-corrected chi connectivity index (χ2v) is 3.27. The number of rotatable bonds is 2. The summed E-state index contributed by atoms with van der Waals surface area (Å²) in [4.78, 5) is 10.2. The minimum absolute atomic E-state index is 0.239. The molecule has 0 radical (unpaired) electrons. The number of carboxylic acid groups (broad SMARTS) is 1. The maximum atomic E-state index is 13.0. The summed E-state index contributed by atoms with van der Waals surface area (Å²) < 4.78 is 26.0. The number of aliphatic carboxylic acids is 1. The molecule has 0 saturated carbocycles. The zero-order valence-electron chi connectivity index (χ0n) is 7.22. The van der Waals surface area contributed by atoms with Crippen LogP contribution in [0.25, 0.3) is 0 Å². The number of alkyl halides is 2. The molecule has 14 heavy (non-hydrogen) atoms. The maximum absolute atomic E-state index is 13.0. The zero-order valence-corrected chi connectivity index (χ0v) is 7.98. The van der Waals surface area contributed by atoms with Gasteiger partial charge in [-0.05, 0) is 18.6 Å². The molecule has 1 rings (SSSR count). The van der Waals surface area contributed by atoms with E-state index >= 15 is 0 Å². The summed E-state index contributed by atoms with van der Waals surface area (Å²) in [5, 5.41) is 8.04. The van der Waals surface area contributed by atoms with Crippen LogP contribution in [-0.2, 0) is 10.7 Å².